The molecular formula is C14H32O2S2. The van der Waals surface area contributed by atoms with Crippen LogP contribution in [0.2, 0.25) is 0 Å². The molecule has 0 N–H and O–H groups in total. The topological polar surface area (TPSA) is 34.1 Å². The summed E-state index contributed by atoms with van der Waals surface area (Å²) in [6.45, 7) is 14.8. The molecule has 0 bridgehead atoms. The van der Waals surface area contributed by atoms with E-state index in [2.05, 4.69) is 48.5 Å². The fraction of sp³-hybridized carbons (Fsp3) is 1.00. The van der Waals surface area contributed by atoms with Crippen molar-refractivity contribution in [3.8, 4) is 0 Å². The van der Waals surface area contributed by atoms with Gasteiger partial charge in [0.25, 0.3) is 0 Å². The molecule has 0 aliphatic rings. The van der Waals surface area contributed by atoms with E-state index >= 15 is 0 Å². The zero-order valence-corrected chi connectivity index (χ0v) is 15.0. The van der Waals surface area contributed by atoms with Gasteiger partial charge >= 0.3 is 0 Å². The summed E-state index contributed by atoms with van der Waals surface area (Å²) in [6.07, 6.45) is 1.74. The number of hydrogen-bond acceptors (Lipinski definition) is 2. The summed E-state index contributed by atoms with van der Waals surface area (Å²) in [6, 6.07) is 0. The highest BCUT2D eigenvalue weighted by Gasteiger charge is 2.15. The van der Waals surface area contributed by atoms with Gasteiger partial charge in [0.2, 0.25) is 0 Å². The Balaban J connectivity index is 0. The van der Waals surface area contributed by atoms with Crippen LogP contribution in [0.4, 0.5) is 0 Å². The lowest BCUT2D eigenvalue weighted by atomic mass is 10.0. The Morgan fingerprint density at radius 3 is 1.44 bits per heavy atom. The fourth-order valence-corrected chi connectivity index (χ4v) is 4.15. The van der Waals surface area contributed by atoms with E-state index in [0.717, 1.165) is 17.3 Å². The summed E-state index contributed by atoms with van der Waals surface area (Å²) in [5, 5.41) is 0. The highest BCUT2D eigenvalue weighted by atomic mass is 32.2. The Bertz CT molecular complexity index is 253. The largest absolute Gasteiger partial charge is 0.260 e. The smallest absolute Gasteiger partial charge is 0.0283 e. The van der Waals surface area contributed by atoms with Crippen LogP contribution in [0.5, 0.6) is 0 Å². The predicted molar refractivity (Wildman–Crippen MR) is 85.9 cm³/mol. The zero-order valence-electron chi connectivity index (χ0n) is 13.4. The lowest BCUT2D eigenvalue weighted by Gasteiger charge is -2.17. The van der Waals surface area contributed by atoms with E-state index in [-0.39, 0.29) is 5.41 Å². The van der Waals surface area contributed by atoms with Crippen LogP contribution in [-0.2, 0) is 21.6 Å². The second-order valence-electron chi connectivity index (χ2n) is 6.84. The third-order valence-corrected chi connectivity index (χ3v) is 5.04. The van der Waals surface area contributed by atoms with Crippen molar-refractivity contribution in [1.29, 1.82) is 0 Å². The highest BCUT2D eigenvalue weighted by Crippen LogP contribution is 2.15. The van der Waals surface area contributed by atoms with Crippen molar-refractivity contribution in [2.24, 2.45) is 17.3 Å². The standard InChI is InChI=1S/C9H20OS.C5H12OS/c1-8(2)6-11(10)7-9(3,4)5;1-5(2)4-7(3)6/h8H,6-7H2,1-5H3;5H,4H2,1-3H3. The molecule has 0 rings (SSSR count). The van der Waals surface area contributed by atoms with Crippen LogP contribution in [0.1, 0.15) is 48.5 Å². The summed E-state index contributed by atoms with van der Waals surface area (Å²) in [7, 11) is -1.22. The van der Waals surface area contributed by atoms with Gasteiger partial charge in [-0.05, 0) is 17.3 Å². The Morgan fingerprint density at radius 1 is 0.889 bits per heavy atom. The first-order chi connectivity index (χ1) is 7.94. The predicted octanol–water partition coefficient (Wildman–Crippen LogP) is 3.46. The average Bonchev–Trinajstić information content (AvgIpc) is 1.94. The number of rotatable bonds is 5. The van der Waals surface area contributed by atoms with Gasteiger partial charge in [0.1, 0.15) is 0 Å². The monoisotopic (exact) mass is 296 g/mol. The lowest BCUT2D eigenvalue weighted by molar-refractivity contribution is 0.473. The van der Waals surface area contributed by atoms with Gasteiger partial charge in [-0.1, -0.05) is 48.5 Å². The summed E-state index contributed by atoms with van der Waals surface area (Å²) in [4.78, 5) is 0. The van der Waals surface area contributed by atoms with Gasteiger partial charge in [0.15, 0.2) is 0 Å². The molecule has 0 amide bonds. The highest BCUT2D eigenvalue weighted by molar-refractivity contribution is 7.85. The first kappa shape index (κ1) is 20.6. The van der Waals surface area contributed by atoms with Crippen LogP contribution >= 0.6 is 0 Å². The van der Waals surface area contributed by atoms with Gasteiger partial charge in [-0.3, -0.25) is 8.42 Å². The third kappa shape index (κ3) is 21.6. The van der Waals surface area contributed by atoms with Gasteiger partial charge in [0.05, 0.1) is 0 Å². The van der Waals surface area contributed by atoms with E-state index in [1.807, 2.05) is 0 Å². The van der Waals surface area contributed by atoms with Gasteiger partial charge in [-0.15, -0.1) is 0 Å². The van der Waals surface area contributed by atoms with Crippen molar-refractivity contribution in [3.63, 3.8) is 0 Å². The van der Waals surface area contributed by atoms with E-state index in [9.17, 15) is 8.42 Å². The fourth-order valence-electron chi connectivity index (χ4n) is 1.38. The molecule has 0 aliphatic carbocycles. The van der Waals surface area contributed by atoms with Gasteiger partial charge in [-0.25, -0.2) is 0 Å². The van der Waals surface area contributed by atoms with Crippen LogP contribution in [0, 0.1) is 17.3 Å². The maximum absolute atomic E-state index is 11.4. The summed E-state index contributed by atoms with van der Waals surface area (Å²) in [5.41, 5.74) is 0.208. The van der Waals surface area contributed by atoms with Crippen molar-refractivity contribution >= 4 is 21.6 Å². The van der Waals surface area contributed by atoms with Gasteiger partial charge in [-0.2, -0.15) is 0 Å². The molecular weight excluding hydrogens is 264 g/mol. The minimum atomic E-state index is -0.620. The SMILES string of the molecule is CC(C)CS(=O)CC(C)(C)C.CC(C)CS(C)=O. The first-order valence-electron chi connectivity index (χ1n) is 6.59. The average molecular weight is 297 g/mol. The van der Waals surface area contributed by atoms with E-state index < -0.39 is 21.6 Å². The second-order valence-corrected chi connectivity index (χ2v) is 9.82. The summed E-state index contributed by atoms with van der Waals surface area (Å²) < 4.78 is 21.7. The molecule has 0 fully saturated rings. The molecule has 4 heteroatoms. The zero-order chi connectivity index (χ0) is 14.9. The third-order valence-electron chi connectivity index (χ3n) is 1.68. The molecule has 2 unspecified atom stereocenters. The van der Waals surface area contributed by atoms with Crippen LogP contribution in [0.3, 0.4) is 0 Å². The molecule has 0 heterocycles. The molecule has 0 saturated carbocycles. The first-order valence-corrected chi connectivity index (χ1v) is 9.80. The normalized spacial score (nSPS) is 15.2. The molecule has 112 valence electrons. The quantitative estimate of drug-likeness (QED) is 0.778. The minimum absolute atomic E-state index is 0.208. The maximum atomic E-state index is 11.4. The Hall–Kier alpha value is 0.300. The number of hydrogen-bond donors (Lipinski definition) is 0. The van der Waals surface area contributed by atoms with Gasteiger partial charge < -0.3 is 0 Å². The minimum Gasteiger partial charge on any atom is -0.260 e. The lowest BCUT2D eigenvalue weighted by Crippen LogP contribution is -2.19. The molecule has 0 aromatic carbocycles. The molecule has 18 heavy (non-hydrogen) atoms. The van der Waals surface area contributed by atoms with Crippen molar-refractivity contribution in [3.05, 3.63) is 0 Å². The molecule has 0 aromatic heterocycles. The molecule has 0 aromatic rings. The molecule has 0 spiro atoms. The molecule has 2 atom stereocenters. The van der Waals surface area contributed by atoms with E-state index in [0.29, 0.717) is 11.8 Å². The van der Waals surface area contributed by atoms with Crippen LogP contribution in [-0.4, -0.2) is 31.9 Å². The van der Waals surface area contributed by atoms with E-state index in [4.69, 9.17) is 0 Å². The van der Waals surface area contributed by atoms with Crippen LogP contribution < -0.4 is 0 Å². The van der Waals surface area contributed by atoms with E-state index in [1.54, 1.807) is 6.26 Å². The van der Waals surface area contributed by atoms with Crippen molar-refractivity contribution < 1.29 is 8.42 Å². The van der Waals surface area contributed by atoms with Crippen LogP contribution in [0.15, 0.2) is 0 Å². The maximum Gasteiger partial charge on any atom is 0.0283 e. The molecule has 0 radical (unpaired) electrons. The summed E-state index contributed by atoms with van der Waals surface area (Å²) >= 11 is 0. The summed E-state index contributed by atoms with van der Waals surface area (Å²) in [5.74, 6) is 3.63. The molecule has 0 saturated heterocycles. The van der Waals surface area contributed by atoms with Gasteiger partial charge in [0, 0.05) is 45.1 Å². The van der Waals surface area contributed by atoms with Crippen LogP contribution in [0.25, 0.3) is 0 Å². The van der Waals surface area contributed by atoms with Crippen molar-refractivity contribution in [1.82, 2.24) is 0 Å². The molecule has 2 nitrogen and oxygen atoms in total. The Kier molecular flexibility index (Phi) is 11.6. The van der Waals surface area contributed by atoms with Crippen molar-refractivity contribution in [2.75, 3.05) is 23.5 Å². The Morgan fingerprint density at radius 2 is 1.28 bits per heavy atom. The Labute approximate surface area is 119 Å². The second kappa shape index (κ2) is 10.1. The van der Waals surface area contributed by atoms with E-state index in [1.165, 1.54) is 0 Å². The van der Waals surface area contributed by atoms with Crippen molar-refractivity contribution in [2.45, 2.75) is 48.5 Å². The molecule has 0 aliphatic heterocycles.